The number of aliphatic carboxylic acids is 4. The molecule has 1 aliphatic rings. The monoisotopic (exact) mass is 250 g/mol. The van der Waals surface area contributed by atoms with Crippen LogP contribution in [0.1, 0.15) is 0 Å². The van der Waals surface area contributed by atoms with Crippen molar-refractivity contribution >= 4 is 23.9 Å². The van der Waals surface area contributed by atoms with Crippen molar-refractivity contribution in [2.75, 3.05) is 0 Å². The Morgan fingerprint density at radius 3 is 1.24 bits per heavy atom. The number of rotatable bonds is 4. The maximum Gasteiger partial charge on any atom is 0.377 e. The van der Waals surface area contributed by atoms with Crippen molar-refractivity contribution in [2.24, 2.45) is 0 Å². The fourth-order valence-electron chi connectivity index (χ4n) is 1.16. The van der Waals surface area contributed by atoms with Gasteiger partial charge in [0.05, 0.1) is 0 Å². The molecule has 10 heteroatoms. The molecule has 2 unspecified atom stereocenters. The summed E-state index contributed by atoms with van der Waals surface area (Å²) in [4.78, 5) is 42.6. The Labute approximate surface area is 92.0 Å². The van der Waals surface area contributed by atoms with Gasteiger partial charge in [-0.1, -0.05) is 0 Å². The summed E-state index contributed by atoms with van der Waals surface area (Å²) in [5.74, 6) is -11.3. The normalized spacial score (nSPS) is 26.4. The highest BCUT2D eigenvalue weighted by Crippen LogP contribution is 2.30. The second-order valence-electron chi connectivity index (χ2n) is 2.98. The van der Waals surface area contributed by atoms with E-state index in [4.69, 9.17) is 20.4 Å². The molecule has 1 aliphatic heterocycles. The second kappa shape index (κ2) is 3.99. The Morgan fingerprint density at radius 2 is 1.06 bits per heavy atom. The zero-order valence-electron chi connectivity index (χ0n) is 7.89. The Morgan fingerprint density at radius 1 is 0.765 bits per heavy atom. The molecule has 0 radical (unpaired) electrons. The Bertz CT molecular complexity index is 359. The van der Waals surface area contributed by atoms with Gasteiger partial charge in [0.1, 0.15) is 0 Å². The Kier molecular flexibility index (Phi) is 3.02. The fourth-order valence-corrected chi connectivity index (χ4v) is 1.16. The van der Waals surface area contributed by atoms with Gasteiger partial charge in [-0.3, -0.25) is 0 Å². The molecule has 1 saturated heterocycles. The highest BCUT2D eigenvalue weighted by Gasteiger charge is 2.63. The summed E-state index contributed by atoms with van der Waals surface area (Å²) < 4.78 is 8.41. The molecule has 4 N–H and O–H groups in total. The zero-order chi connectivity index (χ0) is 13.4. The third-order valence-electron chi connectivity index (χ3n) is 1.91. The average Bonchev–Trinajstić information content (AvgIpc) is 2.58. The van der Waals surface area contributed by atoms with Gasteiger partial charge < -0.3 is 29.9 Å². The molecule has 94 valence electrons. The van der Waals surface area contributed by atoms with E-state index in [0.29, 0.717) is 0 Å². The van der Waals surface area contributed by atoms with Crippen molar-refractivity contribution in [3.8, 4) is 0 Å². The lowest BCUT2D eigenvalue weighted by Gasteiger charge is -2.16. The number of hydrogen-bond acceptors (Lipinski definition) is 6. The van der Waals surface area contributed by atoms with Crippen LogP contribution in [0, 0.1) is 0 Å². The van der Waals surface area contributed by atoms with Gasteiger partial charge in [-0.05, 0) is 0 Å². The first kappa shape index (κ1) is 12.9. The SMILES string of the molecule is O=C(O)C1OC(C(=O)O)(C(=O)O)OC1C(=O)O. The van der Waals surface area contributed by atoms with E-state index >= 15 is 0 Å². The third-order valence-corrected chi connectivity index (χ3v) is 1.91. The van der Waals surface area contributed by atoms with E-state index in [-0.39, 0.29) is 0 Å². The van der Waals surface area contributed by atoms with Crippen LogP contribution in [-0.4, -0.2) is 62.3 Å². The molecule has 0 bridgehead atoms. The second-order valence-corrected chi connectivity index (χ2v) is 2.98. The predicted molar refractivity (Wildman–Crippen MR) is 43.0 cm³/mol. The first-order valence-electron chi connectivity index (χ1n) is 4.00. The molecule has 1 fully saturated rings. The maximum absolute atomic E-state index is 10.7. The van der Waals surface area contributed by atoms with Crippen molar-refractivity contribution in [2.45, 2.75) is 18.0 Å². The van der Waals surface area contributed by atoms with Crippen molar-refractivity contribution in [1.82, 2.24) is 0 Å². The van der Waals surface area contributed by atoms with Crippen LogP contribution in [0.3, 0.4) is 0 Å². The lowest BCUT2D eigenvalue weighted by molar-refractivity contribution is -0.221. The molecule has 17 heavy (non-hydrogen) atoms. The largest absolute Gasteiger partial charge is 0.479 e. The van der Waals surface area contributed by atoms with E-state index < -0.39 is 41.9 Å². The van der Waals surface area contributed by atoms with Gasteiger partial charge in [-0.25, -0.2) is 19.2 Å². The predicted octanol–water partition coefficient (Wildman–Crippen LogP) is -2.19. The van der Waals surface area contributed by atoms with E-state index in [1.807, 2.05) is 0 Å². The summed E-state index contributed by atoms with van der Waals surface area (Å²) in [6, 6.07) is 0. The zero-order valence-corrected chi connectivity index (χ0v) is 7.89. The molecule has 0 amide bonds. The topological polar surface area (TPSA) is 168 Å². The van der Waals surface area contributed by atoms with Gasteiger partial charge in [0.25, 0.3) is 0 Å². The van der Waals surface area contributed by atoms with Gasteiger partial charge in [-0.2, -0.15) is 0 Å². The summed E-state index contributed by atoms with van der Waals surface area (Å²) in [5, 5.41) is 34.4. The van der Waals surface area contributed by atoms with Crippen LogP contribution in [0.25, 0.3) is 0 Å². The molecule has 0 saturated carbocycles. The molecule has 1 heterocycles. The molecule has 0 spiro atoms. The van der Waals surface area contributed by atoms with E-state index in [0.717, 1.165) is 0 Å². The van der Waals surface area contributed by atoms with Crippen LogP contribution in [0.2, 0.25) is 0 Å². The fraction of sp³-hybridized carbons (Fsp3) is 0.429. The van der Waals surface area contributed by atoms with E-state index in [1.54, 1.807) is 0 Å². The minimum absolute atomic E-state index is 1.85. The molecular formula is C7H6O10. The summed E-state index contributed by atoms with van der Waals surface area (Å²) in [7, 11) is 0. The van der Waals surface area contributed by atoms with E-state index in [1.165, 1.54) is 0 Å². The van der Waals surface area contributed by atoms with Crippen LogP contribution in [0.5, 0.6) is 0 Å². The molecule has 0 aromatic carbocycles. The first-order chi connectivity index (χ1) is 7.72. The summed E-state index contributed by atoms with van der Waals surface area (Å²) >= 11 is 0. The molecular weight excluding hydrogens is 244 g/mol. The van der Waals surface area contributed by atoms with Gasteiger partial charge in [-0.15, -0.1) is 0 Å². The Hall–Kier alpha value is -2.20. The van der Waals surface area contributed by atoms with Crippen molar-refractivity contribution < 1.29 is 49.1 Å². The van der Waals surface area contributed by atoms with Crippen LogP contribution >= 0.6 is 0 Å². The Balaban J connectivity index is 3.17. The van der Waals surface area contributed by atoms with Crippen LogP contribution < -0.4 is 0 Å². The maximum atomic E-state index is 10.7. The van der Waals surface area contributed by atoms with Gasteiger partial charge in [0.15, 0.2) is 12.2 Å². The van der Waals surface area contributed by atoms with Crippen LogP contribution in [-0.2, 0) is 28.7 Å². The molecule has 0 aromatic rings. The van der Waals surface area contributed by atoms with Crippen LogP contribution in [0.15, 0.2) is 0 Å². The molecule has 10 nitrogen and oxygen atoms in total. The third kappa shape index (κ3) is 1.90. The van der Waals surface area contributed by atoms with E-state index in [2.05, 4.69) is 9.47 Å². The summed E-state index contributed by atoms with van der Waals surface area (Å²) in [6.45, 7) is 0. The minimum atomic E-state index is -3.33. The number of carboxylic acids is 4. The summed E-state index contributed by atoms with van der Waals surface area (Å²) in [6.07, 6.45) is -4.45. The number of carboxylic acid groups (broad SMARTS) is 4. The van der Waals surface area contributed by atoms with Crippen LogP contribution in [0.4, 0.5) is 0 Å². The van der Waals surface area contributed by atoms with Crippen molar-refractivity contribution in [3.63, 3.8) is 0 Å². The quantitative estimate of drug-likeness (QED) is 0.402. The van der Waals surface area contributed by atoms with Crippen molar-refractivity contribution in [3.05, 3.63) is 0 Å². The highest BCUT2D eigenvalue weighted by molar-refractivity contribution is 6.01. The number of hydrogen-bond donors (Lipinski definition) is 4. The standard InChI is InChI=1S/C7H6O10/c8-3(9)1-2(4(10)11)17-7(16-1,5(12)13)6(14)15/h1-2H,(H,8,9)(H,10,11)(H,12,13)(H,14,15). The number of ether oxygens (including phenoxy) is 2. The highest BCUT2D eigenvalue weighted by atomic mass is 16.8. The lowest BCUT2D eigenvalue weighted by Crippen LogP contribution is -2.49. The average molecular weight is 250 g/mol. The lowest BCUT2D eigenvalue weighted by atomic mass is 10.2. The molecule has 0 aromatic heterocycles. The molecule has 2 atom stereocenters. The summed E-state index contributed by atoms with van der Waals surface area (Å²) in [5.41, 5.74) is 0. The first-order valence-corrected chi connectivity index (χ1v) is 4.00. The van der Waals surface area contributed by atoms with Gasteiger partial charge >= 0.3 is 29.7 Å². The van der Waals surface area contributed by atoms with E-state index in [9.17, 15) is 19.2 Å². The van der Waals surface area contributed by atoms with Crippen molar-refractivity contribution in [1.29, 1.82) is 0 Å². The minimum Gasteiger partial charge on any atom is -0.479 e. The smallest absolute Gasteiger partial charge is 0.377 e. The molecule has 0 aliphatic carbocycles. The number of carbonyl (C=O) groups is 4. The van der Waals surface area contributed by atoms with Gasteiger partial charge in [0, 0.05) is 0 Å². The van der Waals surface area contributed by atoms with Gasteiger partial charge in [0.2, 0.25) is 0 Å². The molecule has 1 rings (SSSR count).